The number of hydrogen-bond acceptors (Lipinski definition) is 7. The minimum atomic E-state index is -0.922. The van der Waals surface area contributed by atoms with E-state index in [9.17, 15) is 9.59 Å². The number of amides is 1. The fraction of sp³-hybridized carbons (Fsp3) is 0.520. The maximum atomic E-state index is 11.9. The molecule has 0 saturated carbocycles. The van der Waals surface area contributed by atoms with Gasteiger partial charge < -0.3 is 20.3 Å². The number of carbonyl (C=O) groups excluding carboxylic acids is 2. The summed E-state index contributed by atoms with van der Waals surface area (Å²) in [5.41, 5.74) is 1.47. The predicted octanol–water partition coefficient (Wildman–Crippen LogP) is 4.70. The van der Waals surface area contributed by atoms with Crippen molar-refractivity contribution in [3.8, 4) is 0 Å². The van der Waals surface area contributed by atoms with E-state index in [1.165, 1.54) is 12.8 Å². The molecule has 0 aliphatic carbocycles. The summed E-state index contributed by atoms with van der Waals surface area (Å²) in [6, 6.07) is 5.38. The SMILES string of the molecule is CC(C)C1CCN(c2ncc(Nc3ccc(CNC(=O)C(=O)OC(C)(C)C)c(Cl)c3)cn2)CC1. The zero-order chi connectivity index (χ0) is 24.9. The molecule has 1 saturated heterocycles. The summed E-state index contributed by atoms with van der Waals surface area (Å²) in [6.45, 7) is 11.8. The molecule has 2 heterocycles. The number of carbonyl (C=O) groups is 2. The normalized spacial score (nSPS) is 14.7. The van der Waals surface area contributed by atoms with E-state index < -0.39 is 17.5 Å². The Morgan fingerprint density at radius 1 is 1.15 bits per heavy atom. The first-order chi connectivity index (χ1) is 16.0. The molecule has 34 heavy (non-hydrogen) atoms. The van der Waals surface area contributed by atoms with Crippen molar-refractivity contribution in [2.24, 2.45) is 11.8 Å². The minimum absolute atomic E-state index is 0.114. The van der Waals surface area contributed by atoms with Gasteiger partial charge in [-0.2, -0.15) is 0 Å². The van der Waals surface area contributed by atoms with Gasteiger partial charge in [-0.05, 0) is 63.1 Å². The molecule has 184 valence electrons. The third-order valence-electron chi connectivity index (χ3n) is 5.77. The summed E-state index contributed by atoms with van der Waals surface area (Å²) < 4.78 is 5.06. The highest BCUT2D eigenvalue weighted by molar-refractivity contribution is 6.33. The lowest BCUT2D eigenvalue weighted by Gasteiger charge is -2.33. The number of hydrogen-bond donors (Lipinski definition) is 2. The van der Waals surface area contributed by atoms with Crippen molar-refractivity contribution in [1.29, 1.82) is 0 Å². The topological polar surface area (TPSA) is 96.5 Å². The molecule has 1 aliphatic rings. The third kappa shape index (κ3) is 7.32. The van der Waals surface area contributed by atoms with Crippen molar-refractivity contribution in [1.82, 2.24) is 15.3 Å². The summed E-state index contributed by atoms with van der Waals surface area (Å²) >= 11 is 6.38. The molecular formula is C25H34ClN5O3. The zero-order valence-corrected chi connectivity index (χ0v) is 21.3. The maximum absolute atomic E-state index is 11.9. The number of nitrogens with zero attached hydrogens (tertiary/aromatic N) is 3. The number of nitrogens with one attached hydrogen (secondary N) is 2. The van der Waals surface area contributed by atoms with E-state index in [1.54, 1.807) is 45.3 Å². The van der Waals surface area contributed by atoms with Crippen LogP contribution in [0.25, 0.3) is 0 Å². The summed E-state index contributed by atoms with van der Waals surface area (Å²) in [6.07, 6.45) is 5.87. The molecular weight excluding hydrogens is 454 g/mol. The molecule has 3 rings (SSSR count). The van der Waals surface area contributed by atoms with Crippen LogP contribution in [0, 0.1) is 11.8 Å². The molecule has 2 aromatic rings. The van der Waals surface area contributed by atoms with Gasteiger partial charge in [-0.15, -0.1) is 0 Å². The first-order valence-corrected chi connectivity index (χ1v) is 12.0. The van der Waals surface area contributed by atoms with Crippen LogP contribution in [-0.4, -0.2) is 40.5 Å². The Hall–Kier alpha value is -2.87. The Morgan fingerprint density at radius 3 is 2.35 bits per heavy atom. The summed E-state index contributed by atoms with van der Waals surface area (Å²) in [7, 11) is 0. The number of benzene rings is 1. The molecule has 0 unspecified atom stereocenters. The zero-order valence-electron chi connectivity index (χ0n) is 20.5. The van der Waals surface area contributed by atoms with Crippen LogP contribution in [0.3, 0.4) is 0 Å². The monoisotopic (exact) mass is 487 g/mol. The lowest BCUT2D eigenvalue weighted by atomic mass is 9.87. The second-order valence-corrected chi connectivity index (χ2v) is 10.4. The highest BCUT2D eigenvalue weighted by Crippen LogP contribution is 2.27. The van der Waals surface area contributed by atoms with Gasteiger partial charge in [-0.25, -0.2) is 14.8 Å². The van der Waals surface area contributed by atoms with Gasteiger partial charge in [-0.1, -0.05) is 31.5 Å². The van der Waals surface area contributed by atoms with Crippen molar-refractivity contribution in [2.45, 2.75) is 59.6 Å². The molecule has 0 radical (unpaired) electrons. The second-order valence-electron chi connectivity index (χ2n) is 9.96. The Kier molecular flexibility index (Phi) is 8.36. The minimum Gasteiger partial charge on any atom is -0.453 e. The predicted molar refractivity (Wildman–Crippen MR) is 134 cm³/mol. The van der Waals surface area contributed by atoms with Gasteiger partial charge in [0.1, 0.15) is 5.60 Å². The second kappa shape index (κ2) is 11.0. The largest absolute Gasteiger partial charge is 0.453 e. The van der Waals surface area contributed by atoms with Crippen LogP contribution >= 0.6 is 11.6 Å². The number of halogens is 1. The van der Waals surface area contributed by atoms with E-state index >= 15 is 0 Å². The number of esters is 1. The fourth-order valence-electron chi connectivity index (χ4n) is 3.82. The van der Waals surface area contributed by atoms with Crippen LogP contribution in [0.1, 0.15) is 53.0 Å². The lowest BCUT2D eigenvalue weighted by Crippen LogP contribution is -2.36. The van der Waals surface area contributed by atoms with E-state index in [2.05, 4.69) is 39.3 Å². The molecule has 1 aliphatic heterocycles. The van der Waals surface area contributed by atoms with Gasteiger partial charge in [0.2, 0.25) is 5.95 Å². The van der Waals surface area contributed by atoms with Crippen LogP contribution in [0.15, 0.2) is 30.6 Å². The Balaban J connectivity index is 1.53. The summed E-state index contributed by atoms with van der Waals surface area (Å²) in [5, 5.41) is 6.24. The molecule has 0 atom stereocenters. The fourth-order valence-corrected chi connectivity index (χ4v) is 4.07. The van der Waals surface area contributed by atoms with Crippen molar-refractivity contribution in [3.63, 3.8) is 0 Å². The Labute approximate surface area is 206 Å². The molecule has 1 aromatic heterocycles. The number of anilines is 3. The summed E-state index contributed by atoms with van der Waals surface area (Å²) in [4.78, 5) is 35.0. The number of aromatic nitrogens is 2. The van der Waals surface area contributed by atoms with Gasteiger partial charge >= 0.3 is 11.9 Å². The van der Waals surface area contributed by atoms with E-state index in [0.29, 0.717) is 16.5 Å². The molecule has 1 fully saturated rings. The molecule has 0 spiro atoms. The quantitative estimate of drug-likeness (QED) is 0.450. The smallest absolute Gasteiger partial charge is 0.397 e. The maximum Gasteiger partial charge on any atom is 0.397 e. The van der Waals surface area contributed by atoms with E-state index in [-0.39, 0.29) is 6.54 Å². The van der Waals surface area contributed by atoms with Crippen molar-refractivity contribution in [2.75, 3.05) is 23.3 Å². The molecule has 9 heteroatoms. The van der Waals surface area contributed by atoms with Crippen LogP contribution < -0.4 is 15.5 Å². The van der Waals surface area contributed by atoms with Gasteiger partial charge in [0.15, 0.2) is 0 Å². The van der Waals surface area contributed by atoms with Crippen LogP contribution in [-0.2, 0) is 20.9 Å². The third-order valence-corrected chi connectivity index (χ3v) is 6.12. The lowest BCUT2D eigenvalue weighted by molar-refractivity contribution is -0.163. The first kappa shape index (κ1) is 25.7. The van der Waals surface area contributed by atoms with Gasteiger partial charge in [0.25, 0.3) is 0 Å². The first-order valence-electron chi connectivity index (χ1n) is 11.7. The Morgan fingerprint density at radius 2 is 1.79 bits per heavy atom. The van der Waals surface area contributed by atoms with Gasteiger partial charge in [0.05, 0.1) is 18.1 Å². The Bertz CT molecular complexity index is 997. The van der Waals surface area contributed by atoms with Crippen LogP contribution in [0.4, 0.5) is 17.3 Å². The van der Waals surface area contributed by atoms with E-state index in [0.717, 1.165) is 36.3 Å². The van der Waals surface area contributed by atoms with Gasteiger partial charge in [0, 0.05) is 30.3 Å². The number of rotatable bonds is 6. The average molecular weight is 488 g/mol. The molecule has 8 nitrogen and oxygen atoms in total. The molecule has 2 N–H and O–H groups in total. The van der Waals surface area contributed by atoms with Gasteiger partial charge in [-0.3, -0.25) is 4.79 Å². The summed E-state index contributed by atoms with van der Waals surface area (Å²) in [5.74, 6) is 0.514. The number of piperidine rings is 1. The van der Waals surface area contributed by atoms with Crippen LogP contribution in [0.2, 0.25) is 5.02 Å². The highest BCUT2D eigenvalue weighted by Gasteiger charge is 2.24. The molecule has 1 amide bonds. The highest BCUT2D eigenvalue weighted by atomic mass is 35.5. The standard InChI is InChI=1S/C25H34ClN5O3/c1-16(2)17-8-10-31(11-9-17)24-28-14-20(15-29-24)30-19-7-6-18(21(26)12-19)13-27-22(32)23(33)34-25(3,4)5/h6-7,12,14-17,30H,8-11,13H2,1-5H3,(H,27,32). The average Bonchev–Trinajstić information content (AvgIpc) is 2.78. The van der Waals surface area contributed by atoms with E-state index in [1.807, 2.05) is 6.07 Å². The van der Waals surface area contributed by atoms with Crippen molar-refractivity contribution in [3.05, 3.63) is 41.2 Å². The number of ether oxygens (including phenoxy) is 1. The van der Waals surface area contributed by atoms with Crippen molar-refractivity contribution < 1.29 is 14.3 Å². The van der Waals surface area contributed by atoms with E-state index in [4.69, 9.17) is 16.3 Å². The van der Waals surface area contributed by atoms with Crippen LogP contribution in [0.5, 0.6) is 0 Å². The van der Waals surface area contributed by atoms with Crippen molar-refractivity contribution >= 4 is 40.8 Å². The molecule has 1 aromatic carbocycles. The molecule has 0 bridgehead atoms.